The first-order chi connectivity index (χ1) is 14.8. The lowest BCUT2D eigenvalue weighted by Gasteiger charge is -2.38. The third kappa shape index (κ3) is 4.21. The Labute approximate surface area is 183 Å². The zero-order valence-corrected chi connectivity index (χ0v) is 17.9. The molecule has 30 heavy (non-hydrogen) atoms. The van der Waals surface area contributed by atoms with Gasteiger partial charge in [-0.3, -0.25) is 9.88 Å². The summed E-state index contributed by atoms with van der Waals surface area (Å²) in [6, 6.07) is 17.0. The Hall–Kier alpha value is -2.43. The predicted molar refractivity (Wildman–Crippen MR) is 124 cm³/mol. The number of benzene rings is 1. The molecule has 0 amide bonds. The molecule has 154 valence electrons. The van der Waals surface area contributed by atoms with Gasteiger partial charge in [-0.25, -0.2) is 4.98 Å². The second-order valence-corrected chi connectivity index (χ2v) is 8.77. The zero-order valence-electron chi connectivity index (χ0n) is 17.2. The Balaban J connectivity index is 1.28. The third-order valence-electron chi connectivity index (χ3n) is 6.36. The summed E-state index contributed by atoms with van der Waals surface area (Å²) in [4.78, 5) is 14.6. The first kappa shape index (κ1) is 19.5. The average Bonchev–Trinajstić information content (AvgIpc) is 3.35. The number of hydrogen-bond donors (Lipinski definition) is 0. The van der Waals surface area contributed by atoms with E-state index in [4.69, 9.17) is 16.6 Å². The normalized spacial score (nSPS) is 19.9. The molecule has 0 aliphatic carbocycles. The zero-order chi connectivity index (χ0) is 20.3. The monoisotopic (exact) mass is 418 g/mol. The van der Waals surface area contributed by atoms with Crippen LogP contribution in [0.25, 0.3) is 22.4 Å². The van der Waals surface area contributed by atoms with Crippen LogP contribution in [0.15, 0.2) is 60.9 Å². The van der Waals surface area contributed by atoms with E-state index in [9.17, 15) is 0 Å². The highest BCUT2D eigenvalue weighted by Crippen LogP contribution is 2.27. The molecule has 1 unspecified atom stereocenters. The maximum absolute atomic E-state index is 5.99. The van der Waals surface area contributed by atoms with Gasteiger partial charge in [0.15, 0.2) is 0 Å². The molecule has 0 saturated carbocycles. The maximum atomic E-state index is 5.99. The number of hydrogen-bond acceptors (Lipinski definition) is 4. The largest absolute Gasteiger partial charge is 0.355 e. The van der Waals surface area contributed by atoms with Crippen LogP contribution in [0, 0.1) is 0 Å². The van der Waals surface area contributed by atoms with Crippen molar-refractivity contribution in [3.8, 4) is 22.4 Å². The van der Waals surface area contributed by atoms with E-state index in [2.05, 4.69) is 39.0 Å². The van der Waals surface area contributed by atoms with Gasteiger partial charge in [-0.1, -0.05) is 29.8 Å². The first-order valence-corrected chi connectivity index (χ1v) is 11.3. The van der Waals surface area contributed by atoms with Crippen molar-refractivity contribution < 1.29 is 0 Å². The van der Waals surface area contributed by atoms with Crippen molar-refractivity contribution in [1.82, 2.24) is 14.9 Å². The van der Waals surface area contributed by atoms with Crippen molar-refractivity contribution in [1.29, 1.82) is 0 Å². The van der Waals surface area contributed by atoms with Gasteiger partial charge in [-0.2, -0.15) is 0 Å². The molecular formula is C25H27ClN4. The Bertz CT molecular complexity index is 964. The average molecular weight is 419 g/mol. The van der Waals surface area contributed by atoms with Crippen molar-refractivity contribution in [2.45, 2.75) is 31.7 Å². The van der Waals surface area contributed by atoms with Crippen LogP contribution < -0.4 is 4.90 Å². The van der Waals surface area contributed by atoms with Gasteiger partial charge in [-0.05, 0) is 74.7 Å². The molecule has 2 aliphatic heterocycles. The number of pyridine rings is 2. The molecule has 2 saturated heterocycles. The van der Waals surface area contributed by atoms with E-state index in [0.717, 1.165) is 46.3 Å². The highest BCUT2D eigenvalue weighted by Gasteiger charge is 2.27. The minimum Gasteiger partial charge on any atom is -0.355 e. The van der Waals surface area contributed by atoms with E-state index in [1.165, 1.54) is 38.8 Å². The van der Waals surface area contributed by atoms with Crippen molar-refractivity contribution in [2.75, 3.05) is 31.1 Å². The molecule has 4 nitrogen and oxygen atoms in total. The Morgan fingerprint density at radius 1 is 0.733 bits per heavy atom. The summed E-state index contributed by atoms with van der Waals surface area (Å²) < 4.78 is 0. The van der Waals surface area contributed by atoms with Crippen molar-refractivity contribution in [3.63, 3.8) is 0 Å². The fraction of sp³-hybridized carbons (Fsp3) is 0.360. The van der Waals surface area contributed by atoms with Gasteiger partial charge < -0.3 is 4.90 Å². The van der Waals surface area contributed by atoms with Crippen LogP contribution in [-0.2, 0) is 0 Å². The van der Waals surface area contributed by atoms with Gasteiger partial charge in [0, 0.05) is 47.7 Å². The van der Waals surface area contributed by atoms with Gasteiger partial charge in [0.2, 0.25) is 0 Å². The Morgan fingerprint density at radius 3 is 2.17 bits per heavy atom. The van der Waals surface area contributed by atoms with E-state index in [-0.39, 0.29) is 0 Å². The number of aromatic nitrogens is 2. The van der Waals surface area contributed by atoms with Crippen LogP contribution in [0.3, 0.4) is 0 Å². The van der Waals surface area contributed by atoms with Crippen LogP contribution in [0.5, 0.6) is 0 Å². The molecule has 3 aromatic rings. The molecule has 0 spiro atoms. The minimum absolute atomic E-state index is 0.685. The van der Waals surface area contributed by atoms with Crippen molar-refractivity contribution in [2.24, 2.45) is 0 Å². The number of nitrogens with zero attached hydrogens (tertiary/aromatic N) is 4. The molecule has 4 heterocycles. The smallest absolute Gasteiger partial charge is 0.128 e. The maximum Gasteiger partial charge on any atom is 0.128 e. The second kappa shape index (κ2) is 8.75. The molecule has 0 radical (unpaired) electrons. The van der Waals surface area contributed by atoms with Crippen LogP contribution in [0.1, 0.15) is 25.7 Å². The van der Waals surface area contributed by atoms with Crippen LogP contribution in [0.2, 0.25) is 5.02 Å². The van der Waals surface area contributed by atoms with E-state index in [0.29, 0.717) is 6.04 Å². The number of piperidine rings is 1. The topological polar surface area (TPSA) is 32.3 Å². The van der Waals surface area contributed by atoms with E-state index < -0.39 is 0 Å². The number of halogens is 1. The Kier molecular flexibility index (Phi) is 5.69. The summed E-state index contributed by atoms with van der Waals surface area (Å²) in [5.41, 5.74) is 4.20. The highest BCUT2D eigenvalue weighted by molar-refractivity contribution is 6.30. The van der Waals surface area contributed by atoms with Crippen LogP contribution in [0.4, 0.5) is 5.82 Å². The van der Waals surface area contributed by atoms with E-state index in [1.807, 2.05) is 36.7 Å². The Morgan fingerprint density at radius 2 is 1.47 bits per heavy atom. The molecule has 0 bridgehead atoms. The van der Waals surface area contributed by atoms with Gasteiger partial charge in [-0.15, -0.1) is 0 Å². The van der Waals surface area contributed by atoms with Crippen LogP contribution >= 0.6 is 11.6 Å². The highest BCUT2D eigenvalue weighted by atomic mass is 35.5. The van der Waals surface area contributed by atoms with Crippen molar-refractivity contribution >= 4 is 17.4 Å². The van der Waals surface area contributed by atoms with E-state index >= 15 is 0 Å². The quantitative estimate of drug-likeness (QED) is 0.557. The number of rotatable bonds is 4. The van der Waals surface area contributed by atoms with Crippen LogP contribution in [-0.4, -0.2) is 47.1 Å². The second-order valence-electron chi connectivity index (χ2n) is 8.33. The summed E-state index contributed by atoms with van der Waals surface area (Å²) in [6.07, 6.45) is 9.15. The van der Waals surface area contributed by atoms with Crippen molar-refractivity contribution in [3.05, 3.63) is 65.9 Å². The molecule has 5 heteroatoms. The van der Waals surface area contributed by atoms with Gasteiger partial charge in [0.05, 0.1) is 5.69 Å². The summed E-state index contributed by atoms with van der Waals surface area (Å²) in [6.45, 7) is 4.73. The summed E-state index contributed by atoms with van der Waals surface area (Å²) in [7, 11) is 0. The standard InChI is InChI=1S/C25H27ClN4/c26-22-9-5-19(6-10-22)20-7-11-24(27-16-20)21-8-12-25(28-17-21)30-15-3-4-23(18-30)29-13-1-2-14-29/h5-12,16-17,23H,1-4,13-15,18H2. The molecule has 1 aromatic carbocycles. The lowest BCUT2D eigenvalue weighted by molar-refractivity contribution is 0.215. The summed E-state index contributed by atoms with van der Waals surface area (Å²) in [5.74, 6) is 1.08. The molecule has 2 aromatic heterocycles. The third-order valence-corrected chi connectivity index (χ3v) is 6.61. The fourth-order valence-corrected chi connectivity index (χ4v) is 4.80. The lowest BCUT2D eigenvalue weighted by atomic mass is 10.0. The summed E-state index contributed by atoms with van der Waals surface area (Å²) >= 11 is 5.99. The molecule has 1 atom stereocenters. The van der Waals surface area contributed by atoms with E-state index in [1.54, 1.807) is 0 Å². The minimum atomic E-state index is 0.685. The number of anilines is 1. The fourth-order valence-electron chi connectivity index (χ4n) is 4.67. The predicted octanol–water partition coefficient (Wildman–Crippen LogP) is 5.53. The number of likely N-dealkylation sites (tertiary alicyclic amines) is 1. The molecular weight excluding hydrogens is 392 g/mol. The molecule has 2 fully saturated rings. The van der Waals surface area contributed by atoms with Gasteiger partial charge in [0.1, 0.15) is 5.82 Å². The van der Waals surface area contributed by atoms with Gasteiger partial charge >= 0.3 is 0 Å². The first-order valence-electron chi connectivity index (χ1n) is 10.9. The SMILES string of the molecule is Clc1ccc(-c2ccc(-c3ccc(N4CCCC(N5CCCC5)C4)nc3)nc2)cc1. The lowest BCUT2D eigenvalue weighted by Crippen LogP contribution is -2.47. The summed E-state index contributed by atoms with van der Waals surface area (Å²) in [5, 5.41) is 0.745. The van der Waals surface area contributed by atoms with Gasteiger partial charge in [0.25, 0.3) is 0 Å². The molecule has 2 aliphatic rings. The molecule has 5 rings (SSSR count). The molecule has 0 N–H and O–H groups in total.